The third kappa shape index (κ3) is 4.39. The molecule has 0 amide bonds. The Morgan fingerprint density at radius 3 is 2.48 bits per heavy atom. The van der Waals surface area contributed by atoms with E-state index in [4.69, 9.17) is 4.74 Å². The average molecular weight is 450 g/mol. The highest BCUT2D eigenvalue weighted by Gasteiger charge is 2.26. The maximum atomic E-state index is 12.8. The molecule has 0 radical (unpaired) electrons. The third-order valence-electron chi connectivity index (χ3n) is 5.52. The minimum atomic E-state index is -3.56. The molecule has 4 rings (SSSR count). The normalized spacial score (nSPS) is 20.7. The zero-order valence-electron chi connectivity index (χ0n) is 15.2. The van der Waals surface area contributed by atoms with Crippen LogP contribution in [0, 0.1) is 0 Å². The lowest BCUT2D eigenvalue weighted by atomic mass is 9.84. The summed E-state index contributed by atoms with van der Waals surface area (Å²) < 4.78 is 35.1. The Bertz CT molecular complexity index is 906. The predicted molar refractivity (Wildman–Crippen MR) is 110 cm³/mol. The molecular formula is C21H24BrNO3S. The topological polar surface area (TPSA) is 55.4 Å². The summed E-state index contributed by atoms with van der Waals surface area (Å²) in [4.78, 5) is 0.321. The van der Waals surface area contributed by atoms with Gasteiger partial charge in [0.25, 0.3) is 0 Å². The van der Waals surface area contributed by atoms with Crippen molar-refractivity contribution in [2.75, 3.05) is 6.61 Å². The first-order valence-corrected chi connectivity index (χ1v) is 11.8. The number of nitrogens with one attached hydrogen (secondary N) is 1. The average Bonchev–Trinajstić information content (AvgIpc) is 2.68. The molecule has 1 N–H and O–H groups in total. The zero-order chi connectivity index (χ0) is 18.9. The largest absolute Gasteiger partial charge is 0.492 e. The molecular weight excluding hydrogens is 426 g/mol. The zero-order valence-corrected chi connectivity index (χ0v) is 17.6. The van der Waals surface area contributed by atoms with E-state index in [2.05, 4.69) is 20.7 Å². The van der Waals surface area contributed by atoms with E-state index in [1.54, 1.807) is 12.1 Å². The predicted octanol–water partition coefficient (Wildman–Crippen LogP) is 4.78. The highest BCUT2D eigenvalue weighted by Crippen LogP contribution is 2.33. The highest BCUT2D eigenvalue weighted by atomic mass is 79.9. The molecule has 1 atom stereocenters. The summed E-state index contributed by atoms with van der Waals surface area (Å²) in [6.45, 7) is 0.341. The fourth-order valence-electron chi connectivity index (χ4n) is 4.08. The summed E-state index contributed by atoms with van der Waals surface area (Å²) in [7, 11) is -3.56. The fourth-order valence-corrected chi connectivity index (χ4v) is 5.71. The second-order valence-corrected chi connectivity index (χ2v) is 10.1. The number of rotatable bonds is 4. The van der Waals surface area contributed by atoms with E-state index in [0.717, 1.165) is 15.8 Å². The number of halogens is 1. The van der Waals surface area contributed by atoms with Crippen LogP contribution in [0.1, 0.15) is 49.1 Å². The van der Waals surface area contributed by atoms with Gasteiger partial charge in [0.05, 0.1) is 10.9 Å². The van der Waals surface area contributed by atoms with Gasteiger partial charge in [-0.05, 0) is 66.6 Å². The Labute approximate surface area is 169 Å². The van der Waals surface area contributed by atoms with Crippen molar-refractivity contribution in [1.29, 1.82) is 0 Å². The molecule has 1 saturated carbocycles. The van der Waals surface area contributed by atoms with Crippen molar-refractivity contribution < 1.29 is 13.2 Å². The van der Waals surface area contributed by atoms with E-state index in [1.807, 2.05) is 30.3 Å². The molecule has 1 heterocycles. The van der Waals surface area contributed by atoms with E-state index in [0.29, 0.717) is 23.8 Å². The molecule has 1 fully saturated rings. The molecule has 0 bridgehead atoms. The van der Waals surface area contributed by atoms with Crippen LogP contribution in [-0.2, 0) is 16.4 Å². The molecule has 4 nitrogen and oxygen atoms in total. The number of hydrogen-bond acceptors (Lipinski definition) is 3. The van der Waals surface area contributed by atoms with Gasteiger partial charge in [-0.1, -0.05) is 47.3 Å². The molecule has 0 spiro atoms. The SMILES string of the molecule is O=S(=O)(N[C@@H]1COc2ccc(Br)cc2C1)c1ccc(C2CCCCC2)cc1. The van der Waals surface area contributed by atoms with Gasteiger partial charge < -0.3 is 4.74 Å². The minimum Gasteiger partial charge on any atom is -0.492 e. The summed E-state index contributed by atoms with van der Waals surface area (Å²) in [6, 6.07) is 13.0. The van der Waals surface area contributed by atoms with E-state index in [9.17, 15) is 8.42 Å². The maximum Gasteiger partial charge on any atom is 0.240 e. The van der Waals surface area contributed by atoms with Gasteiger partial charge in [-0.3, -0.25) is 0 Å². The molecule has 1 aliphatic carbocycles. The Kier molecular flexibility index (Phi) is 5.58. The van der Waals surface area contributed by atoms with Gasteiger partial charge in [-0.25, -0.2) is 13.1 Å². The Hall–Kier alpha value is -1.37. The lowest BCUT2D eigenvalue weighted by molar-refractivity contribution is 0.254. The Morgan fingerprint density at radius 1 is 1.00 bits per heavy atom. The van der Waals surface area contributed by atoms with Gasteiger partial charge in [0.1, 0.15) is 12.4 Å². The minimum absolute atomic E-state index is 0.269. The van der Waals surface area contributed by atoms with Crippen molar-refractivity contribution in [3.8, 4) is 5.75 Å². The van der Waals surface area contributed by atoms with Gasteiger partial charge in [0.2, 0.25) is 10.0 Å². The van der Waals surface area contributed by atoms with Gasteiger partial charge in [-0.15, -0.1) is 0 Å². The van der Waals surface area contributed by atoms with Crippen LogP contribution in [0.25, 0.3) is 0 Å². The molecule has 0 saturated heterocycles. The van der Waals surface area contributed by atoms with Crippen molar-refractivity contribution in [1.82, 2.24) is 4.72 Å². The lowest BCUT2D eigenvalue weighted by Crippen LogP contribution is -2.42. The van der Waals surface area contributed by atoms with Gasteiger partial charge in [-0.2, -0.15) is 0 Å². The Morgan fingerprint density at radius 2 is 1.74 bits per heavy atom. The van der Waals surface area contributed by atoms with Gasteiger partial charge in [0.15, 0.2) is 0 Å². The first kappa shape index (κ1) is 19.0. The van der Waals surface area contributed by atoms with Crippen LogP contribution >= 0.6 is 15.9 Å². The van der Waals surface area contributed by atoms with Crippen LogP contribution < -0.4 is 9.46 Å². The van der Waals surface area contributed by atoms with Crippen LogP contribution in [-0.4, -0.2) is 21.1 Å². The second-order valence-electron chi connectivity index (χ2n) is 7.49. The van der Waals surface area contributed by atoms with Crippen molar-refractivity contribution in [2.45, 2.75) is 55.4 Å². The molecule has 6 heteroatoms. The fraction of sp³-hybridized carbons (Fsp3) is 0.429. The summed E-state index contributed by atoms with van der Waals surface area (Å²) >= 11 is 3.45. The van der Waals surface area contributed by atoms with Crippen LogP contribution in [0.3, 0.4) is 0 Å². The summed E-state index contributed by atoms with van der Waals surface area (Å²) in [5.74, 6) is 1.40. The van der Waals surface area contributed by atoms with E-state index in [-0.39, 0.29) is 6.04 Å². The van der Waals surface area contributed by atoms with Crippen LogP contribution in [0.4, 0.5) is 0 Å². The van der Waals surface area contributed by atoms with Crippen LogP contribution in [0.15, 0.2) is 51.8 Å². The van der Waals surface area contributed by atoms with Crippen molar-refractivity contribution >= 4 is 26.0 Å². The first-order chi connectivity index (χ1) is 13.0. The lowest BCUT2D eigenvalue weighted by Gasteiger charge is -2.26. The highest BCUT2D eigenvalue weighted by molar-refractivity contribution is 9.10. The Balaban J connectivity index is 1.45. The third-order valence-corrected chi connectivity index (χ3v) is 7.55. The number of ether oxygens (including phenoxy) is 1. The molecule has 144 valence electrons. The summed E-state index contributed by atoms with van der Waals surface area (Å²) in [5, 5.41) is 0. The molecule has 0 aromatic heterocycles. The van der Waals surface area contributed by atoms with E-state index >= 15 is 0 Å². The smallest absolute Gasteiger partial charge is 0.240 e. The van der Waals surface area contributed by atoms with Crippen LogP contribution in [0.5, 0.6) is 5.75 Å². The number of benzene rings is 2. The monoisotopic (exact) mass is 449 g/mol. The van der Waals surface area contributed by atoms with Gasteiger partial charge in [0, 0.05) is 4.47 Å². The van der Waals surface area contributed by atoms with E-state index in [1.165, 1.54) is 37.7 Å². The summed E-state index contributed by atoms with van der Waals surface area (Å²) in [5.41, 5.74) is 2.27. The molecule has 2 aliphatic rings. The van der Waals surface area contributed by atoms with Crippen molar-refractivity contribution in [2.24, 2.45) is 0 Å². The standard InChI is InChI=1S/C21H24BrNO3S/c22-18-8-11-21-17(12-18)13-19(14-26-21)23-27(24,25)20-9-6-16(7-10-20)15-4-2-1-3-5-15/h6-12,15,19,23H,1-5,13-14H2/t19-/m0/s1. The number of fused-ring (bicyclic) bond motifs is 1. The molecule has 2 aromatic rings. The molecule has 0 unspecified atom stereocenters. The number of hydrogen-bond donors (Lipinski definition) is 1. The molecule has 27 heavy (non-hydrogen) atoms. The molecule has 1 aliphatic heterocycles. The number of sulfonamides is 1. The summed E-state index contributed by atoms with van der Waals surface area (Å²) in [6.07, 6.45) is 6.89. The van der Waals surface area contributed by atoms with Crippen LogP contribution in [0.2, 0.25) is 0 Å². The molecule has 2 aromatic carbocycles. The maximum absolute atomic E-state index is 12.8. The van der Waals surface area contributed by atoms with E-state index < -0.39 is 10.0 Å². The first-order valence-electron chi connectivity index (χ1n) is 9.55. The van der Waals surface area contributed by atoms with Gasteiger partial charge >= 0.3 is 0 Å². The van der Waals surface area contributed by atoms with Crippen molar-refractivity contribution in [3.63, 3.8) is 0 Å². The quantitative estimate of drug-likeness (QED) is 0.730. The van der Waals surface area contributed by atoms with Crippen molar-refractivity contribution in [3.05, 3.63) is 58.1 Å². The second kappa shape index (κ2) is 7.94.